The van der Waals surface area contributed by atoms with E-state index >= 15 is 0 Å². The van der Waals surface area contributed by atoms with Crippen LogP contribution in [0, 0.1) is 0 Å². The van der Waals surface area contributed by atoms with Crippen LogP contribution in [0.3, 0.4) is 0 Å². The van der Waals surface area contributed by atoms with E-state index < -0.39 is 0 Å². The molecule has 0 saturated carbocycles. The van der Waals surface area contributed by atoms with E-state index in [1.165, 1.54) is 0 Å². The molecule has 0 fully saturated rings. The van der Waals surface area contributed by atoms with E-state index in [1.807, 2.05) is 36.4 Å². The number of nitrogens with one attached hydrogen (secondary N) is 1. The molecule has 0 saturated heterocycles. The second-order valence-corrected chi connectivity index (χ2v) is 4.23. The van der Waals surface area contributed by atoms with Gasteiger partial charge in [-0.05, 0) is 18.2 Å². The standard InChI is InChI=1S/C15H18N4O2/c1-20-13-7-3-5-11(9-13)19-15(16)17-10-12-6-4-8-14(18-12)21-2/h3-9H,10H2,1-2H3,(H3,16,17,19). The molecule has 0 bridgehead atoms. The number of benzene rings is 1. The first-order valence-corrected chi connectivity index (χ1v) is 6.42. The summed E-state index contributed by atoms with van der Waals surface area (Å²) in [6.07, 6.45) is 0. The van der Waals surface area contributed by atoms with E-state index in [9.17, 15) is 0 Å². The highest BCUT2D eigenvalue weighted by atomic mass is 16.5. The number of anilines is 1. The van der Waals surface area contributed by atoms with Gasteiger partial charge in [0.25, 0.3) is 0 Å². The summed E-state index contributed by atoms with van der Waals surface area (Å²) in [5, 5.41) is 3.00. The zero-order chi connectivity index (χ0) is 15.1. The second-order valence-electron chi connectivity index (χ2n) is 4.23. The van der Waals surface area contributed by atoms with Crippen molar-refractivity contribution in [2.24, 2.45) is 10.7 Å². The van der Waals surface area contributed by atoms with Crippen LogP contribution in [0.4, 0.5) is 5.69 Å². The van der Waals surface area contributed by atoms with Crippen molar-refractivity contribution in [3.63, 3.8) is 0 Å². The molecule has 1 aromatic carbocycles. The van der Waals surface area contributed by atoms with Crippen molar-refractivity contribution in [3.05, 3.63) is 48.2 Å². The summed E-state index contributed by atoms with van der Waals surface area (Å²) in [4.78, 5) is 8.51. The monoisotopic (exact) mass is 286 g/mol. The maximum Gasteiger partial charge on any atom is 0.213 e. The first-order valence-electron chi connectivity index (χ1n) is 6.42. The molecule has 110 valence electrons. The van der Waals surface area contributed by atoms with Gasteiger partial charge in [-0.1, -0.05) is 12.1 Å². The van der Waals surface area contributed by atoms with Crippen molar-refractivity contribution in [2.75, 3.05) is 19.5 Å². The highest BCUT2D eigenvalue weighted by Crippen LogP contribution is 2.16. The molecule has 0 aliphatic rings. The summed E-state index contributed by atoms with van der Waals surface area (Å²) in [5.74, 6) is 1.62. The van der Waals surface area contributed by atoms with Crippen LogP contribution in [0.1, 0.15) is 5.69 Å². The summed E-state index contributed by atoms with van der Waals surface area (Å²) in [6, 6.07) is 13.0. The predicted octanol–water partition coefficient (Wildman–Crippen LogP) is 2.03. The van der Waals surface area contributed by atoms with Gasteiger partial charge in [0.05, 0.1) is 26.5 Å². The third-order valence-electron chi connectivity index (χ3n) is 2.74. The van der Waals surface area contributed by atoms with Gasteiger partial charge in [-0.3, -0.25) is 0 Å². The first-order chi connectivity index (χ1) is 10.2. The molecule has 0 aliphatic heterocycles. The number of ether oxygens (including phenoxy) is 2. The minimum Gasteiger partial charge on any atom is -0.497 e. The number of aliphatic imine (C=N–C) groups is 1. The maximum atomic E-state index is 5.85. The van der Waals surface area contributed by atoms with Crippen LogP contribution in [0.2, 0.25) is 0 Å². The molecule has 6 nitrogen and oxygen atoms in total. The van der Waals surface area contributed by atoms with Crippen LogP contribution < -0.4 is 20.5 Å². The van der Waals surface area contributed by atoms with Crippen molar-refractivity contribution in [1.82, 2.24) is 4.98 Å². The zero-order valence-electron chi connectivity index (χ0n) is 12.0. The highest BCUT2D eigenvalue weighted by molar-refractivity contribution is 5.92. The van der Waals surface area contributed by atoms with Crippen molar-refractivity contribution < 1.29 is 9.47 Å². The summed E-state index contributed by atoms with van der Waals surface area (Å²) >= 11 is 0. The average Bonchev–Trinajstić information content (AvgIpc) is 2.53. The Kier molecular flexibility index (Phi) is 4.98. The fraction of sp³-hybridized carbons (Fsp3) is 0.200. The fourth-order valence-corrected chi connectivity index (χ4v) is 1.71. The van der Waals surface area contributed by atoms with Gasteiger partial charge in [0.1, 0.15) is 5.75 Å². The SMILES string of the molecule is COc1cccc(NC(N)=NCc2cccc(OC)n2)c1. The Hall–Kier alpha value is -2.76. The molecule has 0 spiro atoms. The number of guanidine groups is 1. The summed E-state index contributed by atoms with van der Waals surface area (Å²) in [5.41, 5.74) is 7.45. The van der Waals surface area contributed by atoms with Crippen LogP contribution >= 0.6 is 0 Å². The van der Waals surface area contributed by atoms with Gasteiger partial charge in [-0.25, -0.2) is 9.98 Å². The summed E-state index contributed by atoms with van der Waals surface area (Å²) < 4.78 is 10.2. The van der Waals surface area contributed by atoms with Crippen molar-refractivity contribution in [1.29, 1.82) is 0 Å². The van der Waals surface area contributed by atoms with Crippen molar-refractivity contribution in [3.8, 4) is 11.6 Å². The minimum atomic E-state index is 0.313. The molecule has 1 aromatic heterocycles. The van der Waals surface area contributed by atoms with Crippen LogP contribution in [0.25, 0.3) is 0 Å². The molecular formula is C15H18N4O2. The van der Waals surface area contributed by atoms with Gasteiger partial charge in [-0.15, -0.1) is 0 Å². The summed E-state index contributed by atoms with van der Waals surface area (Å²) in [7, 11) is 3.19. The molecule has 2 rings (SSSR count). The largest absolute Gasteiger partial charge is 0.497 e. The Morgan fingerprint density at radius 3 is 2.76 bits per heavy atom. The predicted molar refractivity (Wildman–Crippen MR) is 82.7 cm³/mol. The lowest BCUT2D eigenvalue weighted by atomic mass is 10.3. The molecule has 1 heterocycles. The number of pyridine rings is 1. The Balaban J connectivity index is 2.00. The smallest absolute Gasteiger partial charge is 0.213 e. The normalized spacial score (nSPS) is 11.0. The lowest BCUT2D eigenvalue weighted by Gasteiger charge is -2.07. The number of methoxy groups -OCH3 is 2. The van der Waals surface area contributed by atoms with Gasteiger partial charge >= 0.3 is 0 Å². The van der Waals surface area contributed by atoms with Crippen LogP contribution in [0.5, 0.6) is 11.6 Å². The van der Waals surface area contributed by atoms with Crippen LogP contribution in [0.15, 0.2) is 47.5 Å². The van der Waals surface area contributed by atoms with E-state index in [4.69, 9.17) is 15.2 Å². The zero-order valence-corrected chi connectivity index (χ0v) is 12.0. The summed E-state index contributed by atoms with van der Waals surface area (Å²) in [6.45, 7) is 0.375. The van der Waals surface area contributed by atoms with Crippen molar-refractivity contribution >= 4 is 11.6 Å². The molecule has 0 radical (unpaired) electrons. The Morgan fingerprint density at radius 1 is 1.19 bits per heavy atom. The molecule has 0 unspecified atom stereocenters. The van der Waals surface area contributed by atoms with E-state index in [2.05, 4.69) is 15.3 Å². The quantitative estimate of drug-likeness (QED) is 0.649. The second kappa shape index (κ2) is 7.14. The van der Waals surface area contributed by atoms with Gasteiger partial charge < -0.3 is 20.5 Å². The lowest BCUT2D eigenvalue weighted by Crippen LogP contribution is -2.22. The number of hydrogen-bond acceptors (Lipinski definition) is 4. The molecule has 6 heteroatoms. The average molecular weight is 286 g/mol. The molecule has 0 aliphatic carbocycles. The molecule has 3 N–H and O–H groups in total. The number of nitrogens with two attached hydrogens (primary N) is 1. The topological polar surface area (TPSA) is 81.8 Å². The Labute approximate surface area is 123 Å². The maximum absolute atomic E-state index is 5.85. The number of nitrogens with zero attached hydrogens (tertiary/aromatic N) is 2. The molecule has 0 atom stereocenters. The van der Waals surface area contributed by atoms with E-state index in [-0.39, 0.29) is 0 Å². The molecule has 0 amide bonds. The van der Waals surface area contributed by atoms with Crippen LogP contribution in [-0.2, 0) is 6.54 Å². The van der Waals surface area contributed by atoms with Gasteiger partial charge in [0.2, 0.25) is 5.88 Å². The van der Waals surface area contributed by atoms with E-state index in [0.29, 0.717) is 18.4 Å². The number of rotatable bonds is 5. The van der Waals surface area contributed by atoms with Gasteiger partial charge in [0, 0.05) is 17.8 Å². The lowest BCUT2D eigenvalue weighted by molar-refractivity contribution is 0.396. The van der Waals surface area contributed by atoms with Crippen molar-refractivity contribution in [2.45, 2.75) is 6.54 Å². The highest BCUT2D eigenvalue weighted by Gasteiger charge is 1.99. The minimum absolute atomic E-state index is 0.313. The number of aromatic nitrogens is 1. The number of hydrogen-bond donors (Lipinski definition) is 2. The van der Waals surface area contributed by atoms with Crippen LogP contribution in [-0.4, -0.2) is 25.2 Å². The fourth-order valence-electron chi connectivity index (χ4n) is 1.71. The van der Waals surface area contributed by atoms with Gasteiger partial charge in [0.15, 0.2) is 5.96 Å². The third-order valence-corrected chi connectivity index (χ3v) is 2.74. The Morgan fingerprint density at radius 2 is 2.00 bits per heavy atom. The molecule has 21 heavy (non-hydrogen) atoms. The Bertz CT molecular complexity index is 629. The molecule has 2 aromatic rings. The van der Waals surface area contributed by atoms with Gasteiger partial charge in [-0.2, -0.15) is 0 Å². The third kappa shape index (κ3) is 4.38. The van der Waals surface area contributed by atoms with E-state index in [1.54, 1.807) is 20.3 Å². The first kappa shape index (κ1) is 14.6. The molecular weight excluding hydrogens is 268 g/mol. The van der Waals surface area contributed by atoms with E-state index in [0.717, 1.165) is 17.1 Å².